The van der Waals surface area contributed by atoms with E-state index in [0.29, 0.717) is 22.4 Å². The molecular weight excluding hydrogens is 364 g/mol. The summed E-state index contributed by atoms with van der Waals surface area (Å²) in [7, 11) is 0. The fourth-order valence-corrected chi connectivity index (χ4v) is 2.63. The Labute approximate surface area is 159 Å². The molecule has 0 saturated carbocycles. The first kappa shape index (κ1) is 19.0. The lowest BCUT2D eigenvalue weighted by Gasteiger charge is -2.09. The van der Waals surface area contributed by atoms with Gasteiger partial charge in [-0.15, -0.1) is 0 Å². The molecule has 0 unspecified atom stereocenters. The SMILES string of the molecule is O=C(O)C=Cc1cccc(NC(=O)c2cc(-c3cccc(F)c3)ccc2F)c1. The van der Waals surface area contributed by atoms with Gasteiger partial charge >= 0.3 is 5.97 Å². The van der Waals surface area contributed by atoms with Crippen LogP contribution in [0.5, 0.6) is 0 Å². The van der Waals surface area contributed by atoms with Crippen LogP contribution in [0.15, 0.2) is 72.8 Å². The third-order valence-corrected chi connectivity index (χ3v) is 3.93. The summed E-state index contributed by atoms with van der Waals surface area (Å²) in [5.41, 5.74) is 1.79. The van der Waals surface area contributed by atoms with E-state index in [0.717, 1.165) is 12.1 Å². The van der Waals surface area contributed by atoms with E-state index < -0.39 is 23.5 Å². The van der Waals surface area contributed by atoms with Crippen molar-refractivity contribution < 1.29 is 23.5 Å². The maximum absolute atomic E-state index is 14.2. The normalized spacial score (nSPS) is 10.8. The van der Waals surface area contributed by atoms with E-state index >= 15 is 0 Å². The highest BCUT2D eigenvalue weighted by Crippen LogP contribution is 2.24. The fraction of sp³-hybridized carbons (Fsp3) is 0. The Kier molecular flexibility index (Phi) is 5.60. The molecular formula is C22H15F2NO3. The Bertz CT molecular complexity index is 1080. The number of nitrogens with one attached hydrogen (secondary N) is 1. The van der Waals surface area contributed by atoms with Crippen LogP contribution in [0, 0.1) is 11.6 Å². The first-order valence-electron chi connectivity index (χ1n) is 8.30. The molecule has 0 atom stereocenters. The summed E-state index contributed by atoms with van der Waals surface area (Å²) in [6, 6.07) is 16.2. The Balaban J connectivity index is 1.86. The number of hydrogen-bond acceptors (Lipinski definition) is 2. The molecule has 3 rings (SSSR count). The highest BCUT2D eigenvalue weighted by atomic mass is 19.1. The van der Waals surface area contributed by atoms with Crippen molar-refractivity contribution >= 4 is 23.6 Å². The topological polar surface area (TPSA) is 66.4 Å². The first-order chi connectivity index (χ1) is 13.4. The van der Waals surface area contributed by atoms with Gasteiger partial charge in [0.25, 0.3) is 5.91 Å². The number of hydrogen-bond donors (Lipinski definition) is 2. The zero-order valence-electron chi connectivity index (χ0n) is 14.5. The van der Waals surface area contributed by atoms with Crippen molar-refractivity contribution in [2.75, 3.05) is 5.32 Å². The number of amides is 1. The third-order valence-electron chi connectivity index (χ3n) is 3.93. The van der Waals surface area contributed by atoms with Crippen molar-refractivity contribution in [2.45, 2.75) is 0 Å². The van der Waals surface area contributed by atoms with Gasteiger partial charge < -0.3 is 10.4 Å². The summed E-state index contributed by atoms with van der Waals surface area (Å²) in [6.45, 7) is 0. The van der Waals surface area contributed by atoms with E-state index in [1.54, 1.807) is 30.3 Å². The van der Waals surface area contributed by atoms with Crippen LogP contribution in [0.2, 0.25) is 0 Å². The highest BCUT2D eigenvalue weighted by Gasteiger charge is 2.14. The van der Waals surface area contributed by atoms with Crippen LogP contribution < -0.4 is 5.32 Å². The van der Waals surface area contributed by atoms with Gasteiger partial charge in [0, 0.05) is 11.8 Å². The molecule has 3 aromatic rings. The summed E-state index contributed by atoms with van der Waals surface area (Å²) in [5.74, 6) is -2.90. The molecule has 0 bridgehead atoms. The van der Waals surface area contributed by atoms with Crippen molar-refractivity contribution in [2.24, 2.45) is 0 Å². The average molecular weight is 379 g/mol. The number of halogens is 2. The van der Waals surface area contributed by atoms with Crippen molar-refractivity contribution in [3.05, 3.63) is 95.6 Å². The number of carbonyl (C=O) groups is 2. The number of carboxylic acid groups (broad SMARTS) is 1. The molecule has 0 heterocycles. The molecule has 0 aromatic heterocycles. The summed E-state index contributed by atoms with van der Waals surface area (Å²) in [5, 5.41) is 11.3. The summed E-state index contributed by atoms with van der Waals surface area (Å²) in [4.78, 5) is 23.1. The molecule has 6 heteroatoms. The molecule has 0 aliphatic carbocycles. The van der Waals surface area contributed by atoms with Gasteiger partial charge in [0.1, 0.15) is 11.6 Å². The number of carbonyl (C=O) groups excluding carboxylic acids is 1. The Hall–Kier alpha value is -3.80. The van der Waals surface area contributed by atoms with E-state index in [1.807, 2.05) is 0 Å². The monoisotopic (exact) mass is 379 g/mol. The van der Waals surface area contributed by atoms with Gasteiger partial charge in [0.15, 0.2) is 0 Å². The largest absolute Gasteiger partial charge is 0.478 e. The zero-order chi connectivity index (χ0) is 20.1. The van der Waals surface area contributed by atoms with Gasteiger partial charge in [-0.3, -0.25) is 4.79 Å². The van der Waals surface area contributed by atoms with Crippen LogP contribution in [-0.4, -0.2) is 17.0 Å². The Morgan fingerprint density at radius 3 is 2.39 bits per heavy atom. The molecule has 0 fully saturated rings. The van der Waals surface area contributed by atoms with Crippen LogP contribution in [-0.2, 0) is 4.79 Å². The number of benzene rings is 3. The minimum atomic E-state index is -1.09. The molecule has 0 saturated heterocycles. The summed E-state index contributed by atoms with van der Waals surface area (Å²) < 4.78 is 27.6. The molecule has 0 radical (unpaired) electrons. The highest BCUT2D eigenvalue weighted by molar-refractivity contribution is 6.05. The van der Waals surface area contributed by atoms with Crippen molar-refractivity contribution in [3.8, 4) is 11.1 Å². The predicted octanol–water partition coefficient (Wildman–Crippen LogP) is 4.98. The fourth-order valence-electron chi connectivity index (χ4n) is 2.63. The Morgan fingerprint density at radius 2 is 1.64 bits per heavy atom. The molecule has 28 heavy (non-hydrogen) atoms. The van der Waals surface area contributed by atoms with Gasteiger partial charge in [0.2, 0.25) is 0 Å². The first-order valence-corrected chi connectivity index (χ1v) is 8.30. The van der Waals surface area contributed by atoms with E-state index in [-0.39, 0.29) is 5.56 Å². The molecule has 140 valence electrons. The molecule has 0 spiro atoms. The Morgan fingerprint density at radius 1 is 0.893 bits per heavy atom. The summed E-state index contributed by atoms with van der Waals surface area (Å²) >= 11 is 0. The standard InChI is InChI=1S/C22H15F2NO3/c23-17-5-2-4-15(12-17)16-8-9-20(24)19(13-16)22(28)25-18-6-1-3-14(11-18)7-10-21(26)27/h1-13H,(H,25,28)(H,26,27). The van der Waals surface area contributed by atoms with Crippen LogP contribution in [0.4, 0.5) is 14.5 Å². The number of rotatable bonds is 5. The summed E-state index contributed by atoms with van der Waals surface area (Å²) in [6.07, 6.45) is 2.35. The molecule has 4 nitrogen and oxygen atoms in total. The van der Waals surface area contributed by atoms with E-state index in [9.17, 15) is 18.4 Å². The molecule has 3 aromatic carbocycles. The second-order valence-corrected chi connectivity index (χ2v) is 5.96. The maximum Gasteiger partial charge on any atom is 0.328 e. The lowest BCUT2D eigenvalue weighted by atomic mass is 10.0. The van der Waals surface area contributed by atoms with E-state index in [2.05, 4.69) is 5.32 Å². The second-order valence-electron chi connectivity index (χ2n) is 5.96. The minimum Gasteiger partial charge on any atom is -0.478 e. The molecule has 2 N–H and O–H groups in total. The van der Waals surface area contributed by atoms with Crippen molar-refractivity contribution in [1.82, 2.24) is 0 Å². The zero-order valence-corrected chi connectivity index (χ0v) is 14.5. The van der Waals surface area contributed by atoms with Crippen molar-refractivity contribution in [1.29, 1.82) is 0 Å². The lowest BCUT2D eigenvalue weighted by molar-refractivity contribution is -0.131. The number of anilines is 1. The van der Waals surface area contributed by atoms with E-state index in [4.69, 9.17) is 5.11 Å². The smallest absolute Gasteiger partial charge is 0.328 e. The lowest BCUT2D eigenvalue weighted by Crippen LogP contribution is -2.14. The number of aliphatic carboxylic acids is 1. The third kappa shape index (κ3) is 4.67. The van der Waals surface area contributed by atoms with Gasteiger partial charge in [-0.05, 0) is 59.2 Å². The minimum absolute atomic E-state index is 0.187. The second kappa shape index (κ2) is 8.26. The van der Waals surface area contributed by atoms with Gasteiger partial charge in [-0.1, -0.05) is 30.3 Å². The van der Waals surface area contributed by atoms with Crippen LogP contribution >= 0.6 is 0 Å². The predicted molar refractivity (Wildman–Crippen MR) is 103 cm³/mol. The van der Waals surface area contributed by atoms with Crippen LogP contribution in [0.25, 0.3) is 17.2 Å². The van der Waals surface area contributed by atoms with Gasteiger partial charge in [-0.25, -0.2) is 13.6 Å². The quantitative estimate of drug-likeness (QED) is 0.615. The van der Waals surface area contributed by atoms with Crippen LogP contribution in [0.3, 0.4) is 0 Å². The number of carboxylic acids is 1. The van der Waals surface area contributed by atoms with Gasteiger partial charge in [-0.2, -0.15) is 0 Å². The molecule has 0 aliphatic heterocycles. The van der Waals surface area contributed by atoms with Gasteiger partial charge in [0.05, 0.1) is 5.56 Å². The van der Waals surface area contributed by atoms with E-state index in [1.165, 1.54) is 36.4 Å². The molecule has 0 aliphatic rings. The molecule has 1 amide bonds. The van der Waals surface area contributed by atoms with Crippen LogP contribution in [0.1, 0.15) is 15.9 Å². The maximum atomic E-state index is 14.2. The van der Waals surface area contributed by atoms with Crippen molar-refractivity contribution in [3.63, 3.8) is 0 Å². The average Bonchev–Trinajstić information content (AvgIpc) is 2.67.